The molecule has 7 N–H and O–H groups in total. The van der Waals surface area contributed by atoms with E-state index < -0.39 is 85.6 Å². The Labute approximate surface area is 179 Å². The average Bonchev–Trinajstić information content (AvgIpc) is 2.66. The summed E-state index contributed by atoms with van der Waals surface area (Å²) < 4.78 is 16.7. The molecule has 2 saturated heterocycles. The molecule has 0 aromatic heterocycles. The lowest BCUT2D eigenvalue weighted by Gasteiger charge is -2.48. The summed E-state index contributed by atoms with van der Waals surface area (Å²) >= 11 is 0. The molecule has 0 spiro atoms. The lowest BCUT2D eigenvalue weighted by Crippen LogP contribution is -2.71. The molecule has 2 aliphatic rings. The van der Waals surface area contributed by atoms with Gasteiger partial charge in [-0.15, -0.1) is 0 Å². The number of hydrogen-bond acceptors (Lipinski definition) is 10. The van der Waals surface area contributed by atoms with E-state index in [1.165, 1.54) is 27.7 Å². The van der Waals surface area contributed by atoms with E-state index in [1.54, 1.807) is 0 Å². The van der Waals surface area contributed by atoms with Crippen LogP contribution in [0.5, 0.6) is 0 Å². The summed E-state index contributed by atoms with van der Waals surface area (Å²) in [7, 11) is 0. The first-order valence-corrected chi connectivity index (χ1v) is 9.89. The van der Waals surface area contributed by atoms with E-state index in [4.69, 9.17) is 14.2 Å². The number of aliphatic hydroxyl groups is 4. The second kappa shape index (κ2) is 10.6. The fourth-order valence-corrected chi connectivity index (χ4v) is 3.76. The van der Waals surface area contributed by atoms with E-state index in [0.29, 0.717) is 0 Å². The Morgan fingerprint density at radius 1 is 0.839 bits per heavy atom. The Morgan fingerprint density at radius 3 is 1.87 bits per heavy atom. The molecule has 13 nitrogen and oxygen atoms in total. The number of ether oxygens (including phenoxy) is 3. The van der Waals surface area contributed by atoms with Crippen molar-refractivity contribution in [3.63, 3.8) is 0 Å². The Morgan fingerprint density at radius 2 is 1.35 bits per heavy atom. The van der Waals surface area contributed by atoms with Gasteiger partial charge < -0.3 is 50.6 Å². The van der Waals surface area contributed by atoms with Crippen LogP contribution in [0.15, 0.2) is 0 Å². The maximum Gasteiger partial charge on any atom is 0.217 e. The van der Waals surface area contributed by atoms with Crippen molar-refractivity contribution in [3.05, 3.63) is 0 Å². The Hall–Kier alpha value is -1.87. The van der Waals surface area contributed by atoms with Gasteiger partial charge in [-0.3, -0.25) is 14.4 Å². The summed E-state index contributed by atoms with van der Waals surface area (Å²) in [5.41, 5.74) is 0. The molecule has 0 radical (unpaired) electrons. The van der Waals surface area contributed by atoms with E-state index >= 15 is 0 Å². The average molecular weight is 449 g/mol. The van der Waals surface area contributed by atoms with Gasteiger partial charge in [0.2, 0.25) is 17.7 Å². The van der Waals surface area contributed by atoms with Gasteiger partial charge in [0.05, 0.1) is 18.8 Å². The van der Waals surface area contributed by atoms with Crippen LogP contribution in [-0.4, -0.2) is 106 Å². The van der Waals surface area contributed by atoms with Crippen molar-refractivity contribution in [1.82, 2.24) is 16.0 Å². The summed E-state index contributed by atoms with van der Waals surface area (Å²) in [5.74, 6) is -1.51. The lowest BCUT2D eigenvalue weighted by atomic mass is 9.93. The molecule has 2 aliphatic heterocycles. The van der Waals surface area contributed by atoms with Crippen LogP contribution in [0.1, 0.15) is 27.7 Å². The minimum absolute atomic E-state index is 0.467. The molecule has 0 aliphatic carbocycles. The second-order valence-electron chi connectivity index (χ2n) is 7.72. The predicted octanol–water partition coefficient (Wildman–Crippen LogP) is -3.94. The van der Waals surface area contributed by atoms with Gasteiger partial charge >= 0.3 is 0 Å². The van der Waals surface area contributed by atoms with Crippen LogP contribution < -0.4 is 16.0 Å². The molecular formula is C18H31N3O10. The molecule has 13 heteroatoms. The van der Waals surface area contributed by atoms with Crippen LogP contribution in [0.2, 0.25) is 0 Å². The van der Waals surface area contributed by atoms with Crippen molar-refractivity contribution in [3.8, 4) is 0 Å². The molecular weight excluding hydrogens is 418 g/mol. The van der Waals surface area contributed by atoms with Gasteiger partial charge in [-0.2, -0.15) is 0 Å². The zero-order chi connectivity index (χ0) is 23.5. The third kappa shape index (κ3) is 6.10. The number of rotatable bonds is 6. The molecule has 0 aromatic carbocycles. The molecule has 2 fully saturated rings. The molecule has 31 heavy (non-hydrogen) atoms. The smallest absolute Gasteiger partial charge is 0.217 e. The van der Waals surface area contributed by atoms with Crippen LogP contribution in [-0.2, 0) is 28.6 Å². The second-order valence-corrected chi connectivity index (χ2v) is 7.72. The molecule has 0 aromatic rings. The normalized spacial score (nSPS) is 40.6. The fraction of sp³-hybridized carbons (Fsp3) is 0.833. The summed E-state index contributed by atoms with van der Waals surface area (Å²) in [6, 6.07) is -3.31. The standard InChI is InChI=1S/C18H31N3O10/c1-6-14(26)11(19-7(2)23)12(20-8(3)24)18(29-6)31-16-13(21-9(4)25)17(28)30-10(5-22)15(16)27/h6,10-18,22,26-28H,5H2,1-4H3,(H,19,23)(H,20,24)(H,21,25)/t6-,10+,11-,12+,13+,14-,15+,16+,17?,18+/m0/s1. The first-order valence-electron chi connectivity index (χ1n) is 9.89. The van der Waals surface area contributed by atoms with Gasteiger partial charge in [0.1, 0.15) is 36.5 Å². The minimum atomic E-state index is -1.62. The molecule has 3 amide bonds. The highest BCUT2D eigenvalue weighted by Crippen LogP contribution is 2.28. The van der Waals surface area contributed by atoms with Crippen molar-refractivity contribution >= 4 is 17.7 Å². The molecule has 2 heterocycles. The molecule has 1 unspecified atom stereocenters. The maximum atomic E-state index is 11.8. The summed E-state index contributed by atoms with van der Waals surface area (Å²) in [6.07, 6.45) is -9.00. The maximum absolute atomic E-state index is 11.8. The fourth-order valence-electron chi connectivity index (χ4n) is 3.76. The van der Waals surface area contributed by atoms with E-state index in [2.05, 4.69) is 16.0 Å². The zero-order valence-corrected chi connectivity index (χ0v) is 17.7. The van der Waals surface area contributed by atoms with E-state index in [1.807, 2.05) is 0 Å². The van der Waals surface area contributed by atoms with Gasteiger partial charge in [0.25, 0.3) is 0 Å². The number of carbonyl (C=O) groups is 3. The van der Waals surface area contributed by atoms with Gasteiger partial charge in [0, 0.05) is 20.8 Å². The molecule has 10 atom stereocenters. The monoisotopic (exact) mass is 449 g/mol. The Bertz CT molecular complexity index is 664. The van der Waals surface area contributed by atoms with Crippen molar-refractivity contribution in [2.75, 3.05) is 6.61 Å². The molecule has 178 valence electrons. The van der Waals surface area contributed by atoms with Crippen molar-refractivity contribution in [2.45, 2.75) is 88.9 Å². The predicted molar refractivity (Wildman–Crippen MR) is 102 cm³/mol. The summed E-state index contributed by atoms with van der Waals surface area (Å²) in [6.45, 7) is 4.54. The van der Waals surface area contributed by atoms with E-state index in [9.17, 15) is 34.8 Å². The van der Waals surface area contributed by atoms with E-state index in [0.717, 1.165) is 0 Å². The number of nitrogens with one attached hydrogen (secondary N) is 3. The highest BCUT2D eigenvalue weighted by Gasteiger charge is 2.51. The van der Waals surface area contributed by atoms with Gasteiger partial charge in [0.15, 0.2) is 12.6 Å². The van der Waals surface area contributed by atoms with Gasteiger partial charge in [-0.1, -0.05) is 0 Å². The third-order valence-corrected chi connectivity index (χ3v) is 5.15. The van der Waals surface area contributed by atoms with Crippen LogP contribution in [0.4, 0.5) is 0 Å². The molecule has 0 saturated carbocycles. The van der Waals surface area contributed by atoms with E-state index in [-0.39, 0.29) is 0 Å². The minimum Gasteiger partial charge on any atom is -0.394 e. The Kier molecular flexibility index (Phi) is 8.71. The summed E-state index contributed by atoms with van der Waals surface area (Å²) in [4.78, 5) is 35.0. The van der Waals surface area contributed by atoms with Crippen LogP contribution >= 0.6 is 0 Å². The third-order valence-electron chi connectivity index (χ3n) is 5.15. The topological polar surface area (TPSA) is 196 Å². The highest BCUT2D eigenvalue weighted by molar-refractivity contribution is 5.75. The Balaban J connectivity index is 2.36. The molecule has 0 bridgehead atoms. The number of amides is 3. The van der Waals surface area contributed by atoms with Gasteiger partial charge in [-0.05, 0) is 6.92 Å². The van der Waals surface area contributed by atoms with Crippen LogP contribution in [0.25, 0.3) is 0 Å². The first kappa shape index (κ1) is 25.4. The van der Waals surface area contributed by atoms with Crippen molar-refractivity contribution in [2.24, 2.45) is 0 Å². The number of carbonyl (C=O) groups excluding carboxylic acids is 3. The molecule has 2 rings (SSSR count). The van der Waals surface area contributed by atoms with Crippen LogP contribution in [0, 0.1) is 0 Å². The quantitative estimate of drug-likeness (QED) is 0.210. The number of aliphatic hydroxyl groups excluding tert-OH is 4. The van der Waals surface area contributed by atoms with Gasteiger partial charge in [-0.25, -0.2) is 0 Å². The highest BCUT2D eigenvalue weighted by atomic mass is 16.7. The summed E-state index contributed by atoms with van der Waals surface area (Å²) in [5, 5.41) is 48.4. The largest absolute Gasteiger partial charge is 0.394 e. The first-order chi connectivity index (χ1) is 14.5. The zero-order valence-electron chi connectivity index (χ0n) is 17.7. The number of hydrogen-bond donors (Lipinski definition) is 7. The van der Waals surface area contributed by atoms with Crippen molar-refractivity contribution in [1.29, 1.82) is 0 Å². The lowest BCUT2D eigenvalue weighted by molar-refractivity contribution is -0.312. The SMILES string of the molecule is CC(=O)N[C@@H]1[C@@H](O)[C@H](C)O[C@H](O[C@H]2[C@H](O)[C@@H](CO)OC(O)[C@@H]2NC(C)=O)[C@@H]1NC(C)=O. The van der Waals surface area contributed by atoms with Crippen molar-refractivity contribution < 1.29 is 49.0 Å². The van der Waals surface area contributed by atoms with Crippen LogP contribution in [0.3, 0.4) is 0 Å².